The van der Waals surface area contributed by atoms with Crippen LogP contribution in [0.1, 0.15) is 24.8 Å². The van der Waals surface area contributed by atoms with E-state index in [1.807, 2.05) is 17.6 Å². The Morgan fingerprint density at radius 3 is 2.89 bits per heavy atom. The molecule has 0 atom stereocenters. The molecule has 146 valence electrons. The second kappa shape index (κ2) is 9.75. The molecule has 1 fully saturated rings. The van der Waals surface area contributed by atoms with Gasteiger partial charge in [-0.1, -0.05) is 11.8 Å². The Bertz CT molecular complexity index is 758. The standard InChI is InChI=1S/C19H27N5O2S/c1-15-12-16(23-8-3-4-9-23)6-7-17(15)21-18(25)13-27-19-22-20-14-24(19)10-5-11-26-2/h6-7,12,14H,3-5,8-11,13H2,1-2H3,(H,21,25). The highest BCUT2D eigenvalue weighted by atomic mass is 32.2. The van der Waals surface area contributed by atoms with Gasteiger partial charge in [0.05, 0.1) is 5.75 Å². The van der Waals surface area contributed by atoms with Gasteiger partial charge in [0.25, 0.3) is 0 Å². The molecule has 3 rings (SSSR count). The summed E-state index contributed by atoms with van der Waals surface area (Å²) in [7, 11) is 1.69. The van der Waals surface area contributed by atoms with Gasteiger partial charge in [0, 0.05) is 44.7 Å². The summed E-state index contributed by atoms with van der Waals surface area (Å²) in [4.78, 5) is 14.7. The second-order valence-corrected chi connectivity index (χ2v) is 7.63. The molecule has 0 radical (unpaired) electrons. The van der Waals surface area contributed by atoms with Crippen molar-refractivity contribution in [1.29, 1.82) is 0 Å². The fourth-order valence-electron chi connectivity index (χ4n) is 3.17. The molecule has 0 unspecified atom stereocenters. The first-order valence-electron chi connectivity index (χ1n) is 9.32. The number of hydrogen-bond donors (Lipinski definition) is 1. The van der Waals surface area contributed by atoms with Gasteiger partial charge in [0.2, 0.25) is 5.91 Å². The first-order valence-corrected chi connectivity index (χ1v) is 10.3. The molecule has 27 heavy (non-hydrogen) atoms. The molecule has 1 aliphatic heterocycles. The van der Waals surface area contributed by atoms with E-state index < -0.39 is 0 Å². The van der Waals surface area contributed by atoms with Crippen molar-refractivity contribution in [2.24, 2.45) is 0 Å². The fourth-order valence-corrected chi connectivity index (χ4v) is 3.91. The monoisotopic (exact) mass is 389 g/mol. The maximum absolute atomic E-state index is 12.4. The zero-order valence-corrected chi connectivity index (χ0v) is 16.8. The molecule has 7 nitrogen and oxygen atoms in total. The van der Waals surface area contributed by atoms with E-state index in [1.54, 1.807) is 13.4 Å². The zero-order chi connectivity index (χ0) is 19.1. The van der Waals surface area contributed by atoms with E-state index in [9.17, 15) is 4.79 Å². The minimum Gasteiger partial charge on any atom is -0.385 e. The summed E-state index contributed by atoms with van der Waals surface area (Å²) in [6.45, 7) is 5.74. The van der Waals surface area contributed by atoms with Crippen LogP contribution in [0.25, 0.3) is 0 Å². The molecule has 1 aromatic heterocycles. The van der Waals surface area contributed by atoms with E-state index in [0.29, 0.717) is 12.4 Å². The van der Waals surface area contributed by atoms with Crippen LogP contribution in [0.15, 0.2) is 29.7 Å². The Labute approximate surface area is 164 Å². The number of nitrogens with zero attached hydrogens (tertiary/aromatic N) is 4. The van der Waals surface area contributed by atoms with Crippen molar-refractivity contribution in [1.82, 2.24) is 14.8 Å². The third-order valence-electron chi connectivity index (χ3n) is 4.62. The van der Waals surface area contributed by atoms with Gasteiger partial charge < -0.3 is 19.5 Å². The van der Waals surface area contributed by atoms with Gasteiger partial charge >= 0.3 is 0 Å². The minimum atomic E-state index is -0.0385. The fraction of sp³-hybridized carbons (Fsp3) is 0.526. The van der Waals surface area contributed by atoms with Crippen LogP contribution in [0.4, 0.5) is 11.4 Å². The topological polar surface area (TPSA) is 72.3 Å². The van der Waals surface area contributed by atoms with Crippen molar-refractivity contribution < 1.29 is 9.53 Å². The number of aromatic nitrogens is 3. The number of hydrogen-bond acceptors (Lipinski definition) is 6. The van der Waals surface area contributed by atoms with Gasteiger partial charge in [-0.25, -0.2) is 0 Å². The largest absolute Gasteiger partial charge is 0.385 e. The Hall–Kier alpha value is -2.06. The smallest absolute Gasteiger partial charge is 0.234 e. The lowest BCUT2D eigenvalue weighted by molar-refractivity contribution is -0.113. The zero-order valence-electron chi connectivity index (χ0n) is 16.0. The average Bonchev–Trinajstić information content (AvgIpc) is 3.34. The van der Waals surface area contributed by atoms with Crippen molar-refractivity contribution in [2.45, 2.75) is 37.9 Å². The molecule has 8 heteroatoms. The summed E-state index contributed by atoms with van der Waals surface area (Å²) in [5.74, 6) is 0.263. The van der Waals surface area contributed by atoms with Gasteiger partial charge in [-0.3, -0.25) is 4.79 Å². The molecule has 2 aromatic rings. The van der Waals surface area contributed by atoms with Crippen LogP contribution in [-0.2, 0) is 16.1 Å². The van der Waals surface area contributed by atoms with E-state index in [4.69, 9.17) is 4.74 Å². The van der Waals surface area contributed by atoms with Crippen LogP contribution in [-0.4, -0.2) is 53.2 Å². The number of methoxy groups -OCH3 is 1. The molecule has 1 aromatic carbocycles. The SMILES string of the molecule is COCCCn1cnnc1SCC(=O)Nc1ccc(N2CCCC2)cc1C. The Kier molecular flexibility index (Phi) is 7.11. The number of benzene rings is 1. The molecule has 2 heterocycles. The molecular weight excluding hydrogens is 362 g/mol. The number of carbonyl (C=O) groups is 1. The summed E-state index contributed by atoms with van der Waals surface area (Å²) >= 11 is 1.40. The quantitative estimate of drug-likeness (QED) is 0.525. The van der Waals surface area contributed by atoms with Crippen molar-refractivity contribution in [3.8, 4) is 0 Å². The van der Waals surface area contributed by atoms with E-state index in [-0.39, 0.29) is 5.91 Å². The molecule has 1 aliphatic rings. The molecule has 0 saturated carbocycles. The lowest BCUT2D eigenvalue weighted by Gasteiger charge is -2.19. The van der Waals surface area contributed by atoms with E-state index >= 15 is 0 Å². The maximum atomic E-state index is 12.4. The summed E-state index contributed by atoms with van der Waals surface area (Å²) in [5, 5.41) is 11.8. The molecule has 0 aliphatic carbocycles. The molecule has 1 amide bonds. The predicted molar refractivity (Wildman–Crippen MR) is 108 cm³/mol. The highest BCUT2D eigenvalue weighted by Crippen LogP contribution is 2.26. The Morgan fingerprint density at radius 1 is 1.33 bits per heavy atom. The van der Waals surface area contributed by atoms with Gasteiger partial charge in [0.15, 0.2) is 5.16 Å². The van der Waals surface area contributed by atoms with Gasteiger partial charge in [-0.05, 0) is 49.9 Å². The van der Waals surface area contributed by atoms with Crippen LogP contribution in [0.2, 0.25) is 0 Å². The number of ether oxygens (including phenoxy) is 1. The van der Waals surface area contributed by atoms with Crippen molar-refractivity contribution in [3.05, 3.63) is 30.1 Å². The average molecular weight is 390 g/mol. The maximum Gasteiger partial charge on any atom is 0.234 e. The van der Waals surface area contributed by atoms with E-state index in [0.717, 1.165) is 42.5 Å². The number of amides is 1. The number of rotatable bonds is 9. The molecular formula is C19H27N5O2S. The molecule has 1 N–H and O–H groups in total. The predicted octanol–water partition coefficient (Wildman–Crippen LogP) is 2.95. The van der Waals surface area contributed by atoms with Crippen LogP contribution < -0.4 is 10.2 Å². The van der Waals surface area contributed by atoms with Crippen LogP contribution in [0.5, 0.6) is 0 Å². The highest BCUT2D eigenvalue weighted by molar-refractivity contribution is 7.99. The van der Waals surface area contributed by atoms with E-state index in [1.165, 1.54) is 30.3 Å². The van der Waals surface area contributed by atoms with Crippen molar-refractivity contribution in [3.63, 3.8) is 0 Å². The number of thioether (sulfide) groups is 1. The van der Waals surface area contributed by atoms with Crippen molar-refractivity contribution in [2.75, 3.05) is 42.8 Å². The lowest BCUT2D eigenvalue weighted by Crippen LogP contribution is -2.18. The first-order chi connectivity index (χ1) is 13.2. The minimum absolute atomic E-state index is 0.0385. The molecule has 0 spiro atoms. The third kappa shape index (κ3) is 5.46. The first kappa shape index (κ1) is 19.7. The van der Waals surface area contributed by atoms with Gasteiger partial charge in [-0.15, -0.1) is 10.2 Å². The van der Waals surface area contributed by atoms with Crippen molar-refractivity contribution >= 4 is 29.0 Å². The molecule has 1 saturated heterocycles. The molecule has 0 bridgehead atoms. The number of carbonyl (C=O) groups excluding carboxylic acids is 1. The number of nitrogens with one attached hydrogen (secondary N) is 1. The summed E-state index contributed by atoms with van der Waals surface area (Å²) in [5.41, 5.74) is 3.19. The van der Waals surface area contributed by atoms with Gasteiger partial charge in [0.1, 0.15) is 6.33 Å². The number of aryl methyl sites for hydroxylation is 2. The number of anilines is 2. The summed E-state index contributed by atoms with van der Waals surface area (Å²) in [6.07, 6.45) is 5.09. The van der Waals surface area contributed by atoms with Crippen LogP contribution in [0.3, 0.4) is 0 Å². The second-order valence-electron chi connectivity index (χ2n) is 6.68. The van der Waals surface area contributed by atoms with Gasteiger partial charge in [-0.2, -0.15) is 0 Å². The normalized spacial score (nSPS) is 13.9. The summed E-state index contributed by atoms with van der Waals surface area (Å²) < 4.78 is 7.02. The Morgan fingerprint density at radius 2 is 2.15 bits per heavy atom. The van der Waals surface area contributed by atoms with Crippen LogP contribution in [0, 0.1) is 6.92 Å². The Balaban J connectivity index is 1.51. The van der Waals surface area contributed by atoms with E-state index in [2.05, 4.69) is 32.5 Å². The summed E-state index contributed by atoms with van der Waals surface area (Å²) in [6, 6.07) is 6.24. The van der Waals surface area contributed by atoms with Crippen LogP contribution >= 0.6 is 11.8 Å². The third-order valence-corrected chi connectivity index (χ3v) is 5.60. The highest BCUT2D eigenvalue weighted by Gasteiger charge is 2.14. The lowest BCUT2D eigenvalue weighted by atomic mass is 10.1.